The Bertz CT molecular complexity index is 1480. The van der Waals surface area contributed by atoms with E-state index in [1.165, 1.54) is 35.2 Å². The van der Waals surface area contributed by atoms with Gasteiger partial charge in [-0.2, -0.15) is 0 Å². The van der Waals surface area contributed by atoms with E-state index in [0.717, 1.165) is 46.4 Å². The third kappa shape index (κ3) is 8.03. The number of carbonyl (C=O) groups excluding carboxylic acids is 2. The molecule has 0 saturated heterocycles. The molecule has 1 fully saturated rings. The number of nitrogens with zero attached hydrogens (tertiary/aromatic N) is 2. The van der Waals surface area contributed by atoms with E-state index in [4.69, 9.17) is 23.2 Å². The zero-order valence-electron chi connectivity index (χ0n) is 22.6. The molecular weight excluding hydrogens is 649 g/mol. The standard InChI is InChI=1S/C30H32BrCl2N3O4S/c1-21(30(38)34-24-11-4-2-5-12-24)35(19-22-9-8-10-23(31)17-22)29(37)20-36(25-15-16-27(32)28(33)18-25)41(39,40)26-13-6-3-7-14-26/h3,6-10,13-18,21,24H,2,4-5,11-12,19-20H2,1H3,(H,34,38). The summed E-state index contributed by atoms with van der Waals surface area (Å²) in [6.07, 6.45) is 5.05. The summed E-state index contributed by atoms with van der Waals surface area (Å²) in [7, 11) is -4.18. The molecule has 11 heteroatoms. The highest BCUT2D eigenvalue weighted by Gasteiger charge is 2.33. The molecule has 0 radical (unpaired) electrons. The molecule has 0 heterocycles. The number of halogens is 3. The van der Waals surface area contributed by atoms with Crippen LogP contribution in [0.4, 0.5) is 5.69 Å². The van der Waals surface area contributed by atoms with Crippen molar-refractivity contribution >= 4 is 66.7 Å². The first-order valence-electron chi connectivity index (χ1n) is 13.4. The first kappa shape index (κ1) is 31.3. The Labute approximate surface area is 260 Å². The quantitative estimate of drug-likeness (QED) is 0.255. The number of amides is 2. The van der Waals surface area contributed by atoms with Gasteiger partial charge < -0.3 is 10.2 Å². The monoisotopic (exact) mass is 679 g/mol. The van der Waals surface area contributed by atoms with Gasteiger partial charge in [-0.3, -0.25) is 13.9 Å². The van der Waals surface area contributed by atoms with Crippen molar-refractivity contribution in [1.29, 1.82) is 0 Å². The number of rotatable bonds is 10. The second-order valence-corrected chi connectivity index (χ2v) is 13.7. The largest absolute Gasteiger partial charge is 0.352 e. The van der Waals surface area contributed by atoms with Crippen LogP contribution in [-0.2, 0) is 26.2 Å². The Morgan fingerprint density at radius 2 is 1.66 bits per heavy atom. The zero-order chi connectivity index (χ0) is 29.6. The molecular formula is C30H32BrCl2N3O4S. The van der Waals surface area contributed by atoms with Crippen molar-refractivity contribution in [2.24, 2.45) is 0 Å². The molecule has 1 unspecified atom stereocenters. The Morgan fingerprint density at radius 3 is 2.32 bits per heavy atom. The lowest BCUT2D eigenvalue weighted by Gasteiger charge is -2.33. The average molecular weight is 681 g/mol. The summed E-state index contributed by atoms with van der Waals surface area (Å²) < 4.78 is 29.5. The van der Waals surface area contributed by atoms with Crippen LogP contribution >= 0.6 is 39.1 Å². The van der Waals surface area contributed by atoms with Crippen LogP contribution in [0.5, 0.6) is 0 Å². The number of anilines is 1. The fraction of sp³-hybridized carbons (Fsp3) is 0.333. The van der Waals surface area contributed by atoms with Crippen LogP contribution in [0, 0.1) is 0 Å². The van der Waals surface area contributed by atoms with Gasteiger partial charge in [-0.1, -0.05) is 88.7 Å². The second-order valence-electron chi connectivity index (χ2n) is 10.1. The topological polar surface area (TPSA) is 86.8 Å². The van der Waals surface area contributed by atoms with Crippen LogP contribution in [-0.4, -0.2) is 43.8 Å². The van der Waals surface area contributed by atoms with Crippen LogP contribution in [0.2, 0.25) is 10.0 Å². The van der Waals surface area contributed by atoms with E-state index in [9.17, 15) is 18.0 Å². The van der Waals surface area contributed by atoms with Gasteiger partial charge in [0.05, 0.1) is 20.6 Å². The van der Waals surface area contributed by atoms with Gasteiger partial charge in [0.2, 0.25) is 11.8 Å². The van der Waals surface area contributed by atoms with Crippen molar-refractivity contribution < 1.29 is 18.0 Å². The Morgan fingerprint density at radius 1 is 0.951 bits per heavy atom. The smallest absolute Gasteiger partial charge is 0.264 e. The first-order chi connectivity index (χ1) is 19.6. The molecule has 1 N–H and O–H groups in total. The predicted octanol–water partition coefficient (Wildman–Crippen LogP) is 6.82. The third-order valence-electron chi connectivity index (χ3n) is 7.16. The molecule has 0 aliphatic heterocycles. The van der Waals surface area contributed by atoms with Gasteiger partial charge in [0, 0.05) is 17.1 Å². The lowest BCUT2D eigenvalue weighted by molar-refractivity contribution is -0.139. The minimum absolute atomic E-state index is 0.0144. The lowest BCUT2D eigenvalue weighted by atomic mass is 9.95. The highest BCUT2D eigenvalue weighted by molar-refractivity contribution is 9.10. The molecule has 7 nitrogen and oxygen atoms in total. The minimum atomic E-state index is -4.18. The van der Waals surface area contributed by atoms with Crippen LogP contribution in [0.15, 0.2) is 82.2 Å². The van der Waals surface area contributed by atoms with E-state index in [0.29, 0.717) is 0 Å². The number of nitrogens with one attached hydrogen (secondary N) is 1. The van der Waals surface area contributed by atoms with E-state index < -0.39 is 28.5 Å². The van der Waals surface area contributed by atoms with Crippen molar-refractivity contribution in [1.82, 2.24) is 10.2 Å². The van der Waals surface area contributed by atoms with Crippen LogP contribution in [0.3, 0.4) is 0 Å². The van der Waals surface area contributed by atoms with Gasteiger partial charge in [-0.15, -0.1) is 0 Å². The summed E-state index contributed by atoms with van der Waals surface area (Å²) in [6, 6.07) is 18.9. The molecule has 0 aromatic heterocycles. The molecule has 1 aliphatic carbocycles. The van der Waals surface area contributed by atoms with Gasteiger partial charge in [-0.25, -0.2) is 8.42 Å². The molecule has 2 amide bonds. The van der Waals surface area contributed by atoms with E-state index >= 15 is 0 Å². The Balaban J connectivity index is 1.68. The number of benzene rings is 3. The normalized spacial score (nSPS) is 14.7. The first-order valence-corrected chi connectivity index (χ1v) is 16.4. The van der Waals surface area contributed by atoms with Crippen molar-refractivity contribution in [3.8, 4) is 0 Å². The van der Waals surface area contributed by atoms with E-state index in [2.05, 4.69) is 21.2 Å². The van der Waals surface area contributed by atoms with Crippen molar-refractivity contribution in [3.05, 3.63) is 92.9 Å². The zero-order valence-corrected chi connectivity index (χ0v) is 26.5. The summed E-state index contributed by atoms with van der Waals surface area (Å²) in [5, 5.41) is 3.50. The van der Waals surface area contributed by atoms with Crippen LogP contribution in [0.1, 0.15) is 44.6 Å². The Kier molecular flexibility index (Phi) is 10.7. The fourth-order valence-electron chi connectivity index (χ4n) is 4.87. The van der Waals surface area contributed by atoms with Gasteiger partial charge in [0.15, 0.2) is 0 Å². The predicted molar refractivity (Wildman–Crippen MR) is 167 cm³/mol. The van der Waals surface area contributed by atoms with Gasteiger partial charge in [0.1, 0.15) is 12.6 Å². The van der Waals surface area contributed by atoms with E-state index in [-0.39, 0.29) is 39.1 Å². The summed E-state index contributed by atoms with van der Waals surface area (Å²) in [5.74, 6) is -0.811. The Hall–Kier alpha value is -2.59. The highest BCUT2D eigenvalue weighted by Crippen LogP contribution is 2.31. The maximum Gasteiger partial charge on any atom is 0.264 e. The van der Waals surface area contributed by atoms with Crippen LogP contribution < -0.4 is 9.62 Å². The molecule has 1 atom stereocenters. The van der Waals surface area contributed by atoms with E-state index in [1.54, 1.807) is 25.1 Å². The summed E-state index contributed by atoms with van der Waals surface area (Å²) in [6.45, 7) is 1.23. The van der Waals surface area contributed by atoms with Gasteiger partial charge in [-0.05, 0) is 67.8 Å². The number of hydrogen-bond donors (Lipinski definition) is 1. The van der Waals surface area contributed by atoms with Gasteiger partial charge in [0.25, 0.3) is 10.0 Å². The average Bonchev–Trinajstić information content (AvgIpc) is 2.96. The molecule has 1 aliphatic rings. The number of hydrogen-bond acceptors (Lipinski definition) is 4. The van der Waals surface area contributed by atoms with Crippen molar-refractivity contribution in [2.45, 2.75) is 62.6 Å². The second kappa shape index (κ2) is 14.1. The number of sulfonamides is 1. The third-order valence-corrected chi connectivity index (χ3v) is 10.2. The minimum Gasteiger partial charge on any atom is -0.352 e. The lowest BCUT2D eigenvalue weighted by Crippen LogP contribution is -2.53. The molecule has 0 spiro atoms. The van der Waals surface area contributed by atoms with E-state index in [1.807, 2.05) is 24.3 Å². The molecule has 218 valence electrons. The highest BCUT2D eigenvalue weighted by atomic mass is 79.9. The maximum absolute atomic E-state index is 14.1. The van der Waals surface area contributed by atoms with Crippen LogP contribution in [0.25, 0.3) is 0 Å². The number of carbonyl (C=O) groups is 2. The molecule has 3 aromatic carbocycles. The van der Waals surface area contributed by atoms with Gasteiger partial charge >= 0.3 is 0 Å². The van der Waals surface area contributed by atoms with Crippen molar-refractivity contribution in [2.75, 3.05) is 10.8 Å². The summed E-state index contributed by atoms with van der Waals surface area (Å²) in [4.78, 5) is 28.9. The summed E-state index contributed by atoms with van der Waals surface area (Å²) >= 11 is 15.8. The molecule has 1 saturated carbocycles. The summed E-state index contributed by atoms with van der Waals surface area (Å²) in [5.41, 5.74) is 0.968. The molecule has 3 aromatic rings. The fourth-order valence-corrected chi connectivity index (χ4v) is 7.04. The van der Waals surface area contributed by atoms with Crippen molar-refractivity contribution in [3.63, 3.8) is 0 Å². The molecule has 0 bridgehead atoms. The molecule has 4 rings (SSSR count). The SMILES string of the molecule is CC(C(=O)NC1CCCCC1)N(Cc1cccc(Br)c1)C(=O)CN(c1ccc(Cl)c(Cl)c1)S(=O)(=O)c1ccccc1. The molecule has 41 heavy (non-hydrogen) atoms. The maximum atomic E-state index is 14.1.